The normalized spacial score (nSPS) is 20.4. The summed E-state index contributed by atoms with van der Waals surface area (Å²) >= 11 is 0. The highest BCUT2D eigenvalue weighted by atomic mass is 35.5. The summed E-state index contributed by atoms with van der Waals surface area (Å²) in [6.45, 7) is 5.92. The Hall–Kier alpha value is -1.06. The van der Waals surface area contributed by atoms with E-state index in [0.29, 0.717) is 12.6 Å². The second-order valence-electron chi connectivity index (χ2n) is 5.75. The highest BCUT2D eigenvalue weighted by Crippen LogP contribution is 2.18. The lowest BCUT2D eigenvalue weighted by Crippen LogP contribution is -2.44. The van der Waals surface area contributed by atoms with E-state index in [1.54, 1.807) is 0 Å². The predicted molar refractivity (Wildman–Crippen MR) is 89.8 cm³/mol. The molecule has 1 saturated heterocycles. The molecule has 0 bridgehead atoms. The van der Waals surface area contributed by atoms with Gasteiger partial charge in [0.15, 0.2) is 0 Å². The maximum absolute atomic E-state index is 12.2. The zero-order valence-corrected chi connectivity index (χ0v) is 13.9. The molecule has 2 rings (SSSR count). The second kappa shape index (κ2) is 9.06. The number of halogens is 1. The van der Waals surface area contributed by atoms with Crippen LogP contribution in [0.2, 0.25) is 0 Å². The van der Waals surface area contributed by atoms with Gasteiger partial charge in [0.05, 0.1) is 12.6 Å². The van der Waals surface area contributed by atoms with Crippen LogP contribution in [-0.4, -0.2) is 29.9 Å². The molecule has 0 radical (unpaired) electrons. The van der Waals surface area contributed by atoms with Crippen molar-refractivity contribution in [3.05, 3.63) is 35.9 Å². The molecule has 4 heteroatoms. The number of rotatable bonds is 5. The van der Waals surface area contributed by atoms with Gasteiger partial charge in [-0.15, -0.1) is 12.4 Å². The summed E-state index contributed by atoms with van der Waals surface area (Å²) in [7, 11) is 0. The summed E-state index contributed by atoms with van der Waals surface area (Å²) in [6, 6.07) is 10.9. The van der Waals surface area contributed by atoms with Gasteiger partial charge in [-0.25, -0.2) is 0 Å². The van der Waals surface area contributed by atoms with Crippen molar-refractivity contribution < 1.29 is 4.79 Å². The standard InChI is InChI=1S/C17H26N2O.ClH/c1-3-16(15-10-5-4-6-11-15)18-17(20)13-19-12-8-7-9-14(19)2;/h4-6,10-11,14,16H,3,7-9,12-13H2,1-2H3,(H,18,20);1H. The van der Waals surface area contributed by atoms with Crippen LogP contribution in [0.25, 0.3) is 0 Å². The molecule has 1 heterocycles. The Morgan fingerprint density at radius 2 is 2.05 bits per heavy atom. The fraction of sp³-hybridized carbons (Fsp3) is 0.588. The SMILES string of the molecule is CCC(NC(=O)CN1CCCCC1C)c1ccccc1.Cl. The van der Waals surface area contributed by atoms with Gasteiger partial charge in [0.25, 0.3) is 0 Å². The first kappa shape index (κ1) is 18.0. The average Bonchev–Trinajstić information content (AvgIpc) is 2.48. The summed E-state index contributed by atoms with van der Waals surface area (Å²) in [6.07, 6.45) is 4.64. The minimum absolute atomic E-state index is 0. The molecule has 0 spiro atoms. The van der Waals surface area contributed by atoms with Gasteiger partial charge < -0.3 is 5.32 Å². The van der Waals surface area contributed by atoms with Crippen molar-refractivity contribution in [1.29, 1.82) is 0 Å². The fourth-order valence-corrected chi connectivity index (χ4v) is 2.92. The highest BCUT2D eigenvalue weighted by molar-refractivity contribution is 5.85. The van der Waals surface area contributed by atoms with Crippen LogP contribution in [0.4, 0.5) is 0 Å². The van der Waals surface area contributed by atoms with Crippen molar-refractivity contribution in [2.75, 3.05) is 13.1 Å². The summed E-state index contributed by atoms with van der Waals surface area (Å²) in [5, 5.41) is 3.17. The molecule has 0 aliphatic carbocycles. The zero-order chi connectivity index (χ0) is 14.4. The molecule has 2 unspecified atom stereocenters. The number of amides is 1. The largest absolute Gasteiger partial charge is 0.348 e. The highest BCUT2D eigenvalue weighted by Gasteiger charge is 2.21. The third-order valence-electron chi connectivity index (χ3n) is 4.23. The van der Waals surface area contributed by atoms with Crippen LogP contribution in [0.15, 0.2) is 30.3 Å². The molecular formula is C17H27ClN2O. The first-order valence-corrected chi connectivity index (χ1v) is 7.79. The summed E-state index contributed by atoms with van der Waals surface area (Å²) in [5.41, 5.74) is 1.19. The molecule has 0 aromatic heterocycles. The van der Waals surface area contributed by atoms with Crippen LogP contribution < -0.4 is 5.32 Å². The van der Waals surface area contributed by atoms with E-state index in [2.05, 4.69) is 36.2 Å². The molecule has 1 fully saturated rings. The lowest BCUT2D eigenvalue weighted by molar-refractivity contribution is -0.123. The Bertz CT molecular complexity index is 424. The Balaban J connectivity index is 0.00000220. The predicted octanol–water partition coefficient (Wildman–Crippen LogP) is 3.55. The van der Waals surface area contributed by atoms with Gasteiger partial charge >= 0.3 is 0 Å². The van der Waals surface area contributed by atoms with E-state index in [1.165, 1.54) is 24.8 Å². The monoisotopic (exact) mass is 310 g/mol. The Morgan fingerprint density at radius 1 is 1.33 bits per heavy atom. The van der Waals surface area contributed by atoms with Crippen LogP contribution in [0.1, 0.15) is 51.1 Å². The summed E-state index contributed by atoms with van der Waals surface area (Å²) in [4.78, 5) is 14.5. The minimum Gasteiger partial charge on any atom is -0.348 e. The van der Waals surface area contributed by atoms with Crippen molar-refractivity contribution in [2.24, 2.45) is 0 Å². The maximum atomic E-state index is 12.2. The number of hydrogen-bond donors (Lipinski definition) is 1. The molecule has 1 aliphatic heterocycles. The third kappa shape index (κ3) is 5.33. The van der Waals surface area contributed by atoms with Crippen molar-refractivity contribution in [3.8, 4) is 0 Å². The molecule has 1 amide bonds. The lowest BCUT2D eigenvalue weighted by atomic mass is 10.0. The first-order chi connectivity index (χ1) is 9.70. The molecule has 0 saturated carbocycles. The van der Waals surface area contributed by atoms with Crippen molar-refractivity contribution >= 4 is 18.3 Å². The second-order valence-corrected chi connectivity index (χ2v) is 5.75. The Kier molecular flexibility index (Phi) is 7.76. The lowest BCUT2D eigenvalue weighted by Gasteiger charge is -2.33. The van der Waals surface area contributed by atoms with Crippen LogP contribution >= 0.6 is 12.4 Å². The number of carbonyl (C=O) groups is 1. The number of carbonyl (C=O) groups excluding carboxylic acids is 1. The van der Waals surface area contributed by atoms with Crippen molar-refractivity contribution in [1.82, 2.24) is 10.2 Å². The van der Waals surface area contributed by atoms with Gasteiger partial charge in [-0.05, 0) is 38.3 Å². The first-order valence-electron chi connectivity index (χ1n) is 7.79. The number of benzene rings is 1. The van der Waals surface area contributed by atoms with E-state index in [0.717, 1.165) is 13.0 Å². The van der Waals surface area contributed by atoms with Gasteiger partial charge in [0.2, 0.25) is 5.91 Å². The van der Waals surface area contributed by atoms with Crippen LogP contribution in [-0.2, 0) is 4.79 Å². The molecule has 1 N–H and O–H groups in total. The molecule has 1 aromatic carbocycles. The Labute approximate surface area is 134 Å². The number of hydrogen-bond acceptors (Lipinski definition) is 2. The minimum atomic E-state index is 0. The number of nitrogens with zero attached hydrogens (tertiary/aromatic N) is 1. The molecule has 21 heavy (non-hydrogen) atoms. The third-order valence-corrected chi connectivity index (χ3v) is 4.23. The van der Waals surface area contributed by atoms with Crippen molar-refractivity contribution in [2.45, 2.75) is 51.6 Å². The molecule has 3 nitrogen and oxygen atoms in total. The van der Waals surface area contributed by atoms with E-state index in [-0.39, 0.29) is 24.4 Å². The summed E-state index contributed by atoms with van der Waals surface area (Å²) in [5.74, 6) is 0.148. The number of nitrogens with one attached hydrogen (secondary N) is 1. The molecular weight excluding hydrogens is 284 g/mol. The van der Waals surface area contributed by atoms with Crippen LogP contribution in [0.3, 0.4) is 0 Å². The van der Waals surface area contributed by atoms with Gasteiger partial charge in [0, 0.05) is 6.04 Å². The average molecular weight is 311 g/mol. The van der Waals surface area contributed by atoms with E-state index < -0.39 is 0 Å². The van der Waals surface area contributed by atoms with E-state index in [4.69, 9.17) is 0 Å². The van der Waals surface area contributed by atoms with Gasteiger partial charge in [-0.2, -0.15) is 0 Å². The number of piperidine rings is 1. The molecule has 1 aliphatic rings. The fourth-order valence-electron chi connectivity index (χ4n) is 2.92. The van der Waals surface area contributed by atoms with E-state index >= 15 is 0 Å². The summed E-state index contributed by atoms with van der Waals surface area (Å²) < 4.78 is 0. The number of likely N-dealkylation sites (tertiary alicyclic amines) is 1. The quantitative estimate of drug-likeness (QED) is 0.902. The molecule has 2 atom stereocenters. The maximum Gasteiger partial charge on any atom is 0.234 e. The van der Waals surface area contributed by atoms with Gasteiger partial charge in [-0.1, -0.05) is 43.7 Å². The van der Waals surface area contributed by atoms with Crippen LogP contribution in [0.5, 0.6) is 0 Å². The van der Waals surface area contributed by atoms with Crippen molar-refractivity contribution in [3.63, 3.8) is 0 Å². The molecule has 118 valence electrons. The molecule has 1 aromatic rings. The van der Waals surface area contributed by atoms with E-state index in [1.807, 2.05) is 18.2 Å². The van der Waals surface area contributed by atoms with Gasteiger partial charge in [0.1, 0.15) is 0 Å². The van der Waals surface area contributed by atoms with E-state index in [9.17, 15) is 4.79 Å². The Morgan fingerprint density at radius 3 is 2.67 bits per heavy atom. The van der Waals surface area contributed by atoms with Crippen LogP contribution in [0, 0.1) is 0 Å². The smallest absolute Gasteiger partial charge is 0.234 e. The topological polar surface area (TPSA) is 32.3 Å². The van der Waals surface area contributed by atoms with Gasteiger partial charge in [-0.3, -0.25) is 9.69 Å². The zero-order valence-electron chi connectivity index (χ0n) is 13.0.